The Morgan fingerprint density at radius 2 is 1.71 bits per heavy atom. The summed E-state index contributed by atoms with van der Waals surface area (Å²) >= 11 is 12.2. The summed E-state index contributed by atoms with van der Waals surface area (Å²) < 4.78 is 2.53. The van der Waals surface area contributed by atoms with Gasteiger partial charge in [-0.15, -0.1) is 0 Å². The molecule has 1 heterocycles. The molecule has 0 saturated carbocycles. The summed E-state index contributed by atoms with van der Waals surface area (Å²) in [5.41, 5.74) is 6.41. The molecule has 3 nitrogen and oxygen atoms in total. The van der Waals surface area contributed by atoms with E-state index in [9.17, 15) is 0 Å². The molecule has 2 aromatic carbocycles. The van der Waals surface area contributed by atoms with Crippen molar-refractivity contribution in [2.24, 2.45) is 0 Å². The number of nitrogens with one attached hydrogen (secondary N) is 2. The van der Waals surface area contributed by atoms with E-state index in [0.717, 1.165) is 24.5 Å². The lowest BCUT2D eigenvalue weighted by molar-refractivity contribution is 0.531. The molecule has 0 unspecified atom stereocenters. The zero-order chi connectivity index (χ0) is 19.7. The summed E-state index contributed by atoms with van der Waals surface area (Å²) in [4.78, 5) is 0. The second kappa shape index (κ2) is 8.36. The van der Waals surface area contributed by atoms with E-state index in [2.05, 4.69) is 47.2 Å². The van der Waals surface area contributed by atoms with Crippen LogP contribution in [-0.4, -0.2) is 17.2 Å². The number of aromatic nitrogens is 1. The summed E-state index contributed by atoms with van der Waals surface area (Å²) in [7, 11) is 0. The van der Waals surface area contributed by atoms with Crippen molar-refractivity contribution in [3.05, 3.63) is 57.7 Å². The van der Waals surface area contributed by atoms with Crippen LogP contribution in [0.25, 0.3) is 10.9 Å². The highest BCUT2D eigenvalue weighted by Gasteiger charge is 2.20. The Bertz CT molecular complexity index is 991. The molecule has 2 N–H and O–H groups in total. The molecule has 148 valence electrons. The number of anilines is 2. The molecule has 1 aromatic heterocycles. The van der Waals surface area contributed by atoms with E-state index in [1.165, 1.54) is 42.3 Å². The summed E-state index contributed by atoms with van der Waals surface area (Å²) in [6.45, 7) is 6.38. The fraction of sp³-hybridized carbons (Fsp3) is 0.391. The van der Waals surface area contributed by atoms with Crippen LogP contribution in [-0.2, 0) is 19.4 Å². The topological polar surface area (TPSA) is 29.0 Å². The Hall–Kier alpha value is -1.68. The van der Waals surface area contributed by atoms with Gasteiger partial charge in [-0.3, -0.25) is 0 Å². The van der Waals surface area contributed by atoms with Crippen molar-refractivity contribution < 1.29 is 0 Å². The summed E-state index contributed by atoms with van der Waals surface area (Å²) in [5, 5.41) is 9.57. The van der Waals surface area contributed by atoms with Gasteiger partial charge in [0, 0.05) is 41.6 Å². The van der Waals surface area contributed by atoms with Gasteiger partial charge < -0.3 is 15.2 Å². The van der Waals surface area contributed by atoms with Gasteiger partial charge in [-0.2, -0.15) is 0 Å². The smallest absolute Gasteiger partial charge is 0.0612 e. The van der Waals surface area contributed by atoms with Crippen molar-refractivity contribution in [1.29, 1.82) is 0 Å². The third-order valence-corrected chi connectivity index (χ3v) is 6.21. The maximum atomic E-state index is 6.17. The Morgan fingerprint density at radius 3 is 2.50 bits per heavy atom. The van der Waals surface area contributed by atoms with Crippen molar-refractivity contribution in [1.82, 2.24) is 9.88 Å². The molecule has 0 amide bonds. The summed E-state index contributed by atoms with van der Waals surface area (Å²) in [6, 6.07) is 12.8. The molecule has 28 heavy (non-hydrogen) atoms. The lowest BCUT2D eigenvalue weighted by Gasteiger charge is -2.17. The fourth-order valence-corrected chi connectivity index (χ4v) is 4.47. The predicted octanol–water partition coefficient (Wildman–Crippen LogP) is 6.57. The maximum Gasteiger partial charge on any atom is 0.0612 e. The van der Waals surface area contributed by atoms with E-state index >= 15 is 0 Å². The molecule has 0 atom stereocenters. The quantitative estimate of drug-likeness (QED) is 0.476. The third-order valence-electron chi connectivity index (χ3n) is 5.47. The van der Waals surface area contributed by atoms with Crippen LogP contribution in [0.3, 0.4) is 0 Å². The molecule has 3 aromatic rings. The lowest BCUT2D eigenvalue weighted by atomic mass is 9.95. The van der Waals surface area contributed by atoms with Gasteiger partial charge in [-0.05, 0) is 61.6 Å². The molecular formula is C23H27Cl2N3. The number of benzene rings is 2. The molecule has 5 heteroatoms. The van der Waals surface area contributed by atoms with Crippen LogP contribution < -0.4 is 10.6 Å². The van der Waals surface area contributed by atoms with Gasteiger partial charge in [-0.1, -0.05) is 43.1 Å². The zero-order valence-electron chi connectivity index (χ0n) is 16.5. The second-order valence-electron chi connectivity index (χ2n) is 7.88. The highest BCUT2D eigenvalue weighted by molar-refractivity contribution is 6.42. The number of fused-ring (bicyclic) bond motifs is 3. The van der Waals surface area contributed by atoms with Crippen LogP contribution in [0.15, 0.2) is 36.4 Å². The van der Waals surface area contributed by atoms with E-state index in [4.69, 9.17) is 23.2 Å². The average molecular weight is 416 g/mol. The molecular weight excluding hydrogens is 389 g/mol. The van der Waals surface area contributed by atoms with Gasteiger partial charge in [0.15, 0.2) is 0 Å². The Kier molecular flexibility index (Phi) is 5.86. The molecule has 0 bridgehead atoms. The minimum atomic E-state index is 0.504. The lowest BCUT2D eigenvalue weighted by Crippen LogP contribution is -2.27. The number of hydrogen-bond donors (Lipinski definition) is 2. The molecule has 4 rings (SSSR count). The number of rotatable bonds is 6. The zero-order valence-corrected chi connectivity index (χ0v) is 18.0. The third kappa shape index (κ3) is 4.03. The van der Waals surface area contributed by atoms with E-state index in [1.807, 2.05) is 18.2 Å². The van der Waals surface area contributed by atoms with Crippen molar-refractivity contribution >= 4 is 45.5 Å². The first-order valence-corrected chi connectivity index (χ1v) is 10.9. The Labute approximate surface area is 177 Å². The standard InChI is InChI=1S/C23H27Cl2N3/c1-15(2)26-11-12-28-22-6-4-3-5-18(22)19-9-7-17(14-23(19)28)27-16-8-10-20(24)21(25)13-16/h7-10,13-15,26-27H,3-6,11-12H2,1-2H3. The Morgan fingerprint density at radius 1 is 0.964 bits per heavy atom. The summed E-state index contributed by atoms with van der Waals surface area (Å²) in [5.74, 6) is 0. The first-order valence-electron chi connectivity index (χ1n) is 10.1. The van der Waals surface area contributed by atoms with Crippen molar-refractivity contribution in [2.45, 2.75) is 52.1 Å². The van der Waals surface area contributed by atoms with Crippen molar-refractivity contribution in [2.75, 3.05) is 11.9 Å². The van der Waals surface area contributed by atoms with E-state index in [0.29, 0.717) is 16.1 Å². The van der Waals surface area contributed by atoms with Gasteiger partial charge in [0.1, 0.15) is 0 Å². The van der Waals surface area contributed by atoms with Gasteiger partial charge >= 0.3 is 0 Å². The number of halogens is 2. The fourth-order valence-electron chi connectivity index (χ4n) is 4.17. The minimum Gasteiger partial charge on any atom is -0.355 e. The van der Waals surface area contributed by atoms with Gasteiger partial charge in [0.25, 0.3) is 0 Å². The van der Waals surface area contributed by atoms with Crippen LogP contribution in [0.2, 0.25) is 10.0 Å². The van der Waals surface area contributed by atoms with Gasteiger partial charge in [-0.25, -0.2) is 0 Å². The average Bonchev–Trinajstić information content (AvgIpc) is 2.98. The predicted molar refractivity (Wildman–Crippen MR) is 121 cm³/mol. The normalized spacial score (nSPS) is 13.9. The first kappa shape index (κ1) is 19.6. The first-order chi connectivity index (χ1) is 13.5. The molecule has 0 radical (unpaired) electrons. The molecule has 0 spiro atoms. The van der Waals surface area contributed by atoms with Crippen molar-refractivity contribution in [3.63, 3.8) is 0 Å². The van der Waals surface area contributed by atoms with Crippen LogP contribution in [0.1, 0.15) is 37.9 Å². The molecule has 1 aliphatic carbocycles. The molecule has 0 saturated heterocycles. The van der Waals surface area contributed by atoms with Crippen molar-refractivity contribution in [3.8, 4) is 0 Å². The van der Waals surface area contributed by atoms with Crippen LogP contribution in [0.4, 0.5) is 11.4 Å². The number of aryl methyl sites for hydroxylation is 1. The number of hydrogen-bond acceptors (Lipinski definition) is 2. The molecule has 0 fully saturated rings. The SMILES string of the molecule is CC(C)NCCn1c2c(c3ccc(Nc4ccc(Cl)c(Cl)c4)cc31)CCCC2. The highest BCUT2D eigenvalue weighted by atomic mass is 35.5. The van der Waals surface area contributed by atoms with E-state index in [1.54, 1.807) is 5.56 Å². The van der Waals surface area contributed by atoms with Crippen LogP contribution in [0.5, 0.6) is 0 Å². The maximum absolute atomic E-state index is 6.17. The molecule has 1 aliphatic rings. The second-order valence-corrected chi connectivity index (χ2v) is 8.69. The minimum absolute atomic E-state index is 0.504. The molecule has 0 aliphatic heterocycles. The van der Waals surface area contributed by atoms with E-state index in [-0.39, 0.29) is 0 Å². The Balaban J connectivity index is 1.69. The highest BCUT2D eigenvalue weighted by Crippen LogP contribution is 2.34. The summed E-state index contributed by atoms with van der Waals surface area (Å²) in [6.07, 6.45) is 4.95. The van der Waals surface area contributed by atoms with Crippen LogP contribution in [0, 0.1) is 0 Å². The number of nitrogens with zero attached hydrogens (tertiary/aromatic N) is 1. The van der Waals surface area contributed by atoms with Gasteiger partial charge in [0.2, 0.25) is 0 Å². The van der Waals surface area contributed by atoms with Gasteiger partial charge in [0.05, 0.1) is 15.6 Å². The monoisotopic (exact) mass is 415 g/mol. The van der Waals surface area contributed by atoms with Crippen LogP contribution >= 0.6 is 23.2 Å². The largest absolute Gasteiger partial charge is 0.355 e. The van der Waals surface area contributed by atoms with E-state index < -0.39 is 0 Å².